The van der Waals surface area contributed by atoms with Crippen LogP contribution in [0.5, 0.6) is 5.75 Å². The number of benzene rings is 2. The zero-order chi connectivity index (χ0) is 21.6. The Kier molecular flexibility index (Phi) is 6.64. The van der Waals surface area contributed by atoms with Crippen molar-refractivity contribution >= 4 is 5.91 Å². The summed E-state index contributed by atoms with van der Waals surface area (Å²) in [5.41, 5.74) is 2.36. The minimum atomic E-state index is -0.147. The zero-order valence-electron chi connectivity index (χ0n) is 17.8. The van der Waals surface area contributed by atoms with Gasteiger partial charge in [-0.15, -0.1) is 0 Å². The molecular weight excluding hydrogens is 392 g/mol. The second-order valence-electron chi connectivity index (χ2n) is 7.95. The number of hydrogen-bond acceptors (Lipinski definition) is 6. The van der Waals surface area contributed by atoms with E-state index in [0.717, 1.165) is 43.9 Å². The number of phenols is 1. The molecule has 0 spiro atoms. The number of aromatic nitrogens is 1. The minimum Gasteiger partial charge on any atom is -0.508 e. The van der Waals surface area contributed by atoms with Crippen molar-refractivity contribution in [3.8, 4) is 5.75 Å². The Labute approximate surface area is 182 Å². The number of rotatable bonds is 7. The Hall–Kier alpha value is -3.16. The predicted octanol–water partition coefficient (Wildman–Crippen LogP) is 2.97. The largest absolute Gasteiger partial charge is 0.508 e. The Morgan fingerprint density at radius 3 is 2.35 bits per heavy atom. The Balaban J connectivity index is 1.26. The molecule has 0 unspecified atom stereocenters. The molecule has 1 fully saturated rings. The molecule has 1 aliphatic heterocycles. The first kappa shape index (κ1) is 21.1. The standard InChI is InChI=1S/C24H28N4O3/c1-26(15-19-7-3-2-4-8-19)24(30)21-18-31-23(25-21)17-28-13-11-27(12-14-28)16-20-9-5-6-10-22(20)29/h2-10,18,29H,11-17H2,1H3. The van der Waals surface area contributed by atoms with Gasteiger partial charge in [-0.1, -0.05) is 48.5 Å². The Bertz CT molecular complexity index is 997. The summed E-state index contributed by atoms with van der Waals surface area (Å²) >= 11 is 0. The summed E-state index contributed by atoms with van der Waals surface area (Å²) in [6.45, 7) is 5.43. The van der Waals surface area contributed by atoms with E-state index in [1.165, 1.54) is 6.26 Å². The summed E-state index contributed by atoms with van der Waals surface area (Å²) in [4.78, 5) is 23.3. The summed E-state index contributed by atoms with van der Waals surface area (Å²) in [5.74, 6) is 0.760. The maximum absolute atomic E-state index is 12.7. The number of piperazine rings is 1. The second-order valence-corrected chi connectivity index (χ2v) is 7.95. The molecule has 1 aromatic heterocycles. The molecule has 162 valence electrons. The first-order chi connectivity index (χ1) is 15.1. The smallest absolute Gasteiger partial charge is 0.275 e. The fourth-order valence-electron chi connectivity index (χ4n) is 3.79. The lowest BCUT2D eigenvalue weighted by Gasteiger charge is -2.34. The molecule has 2 aromatic carbocycles. The molecule has 1 N–H and O–H groups in total. The first-order valence-electron chi connectivity index (χ1n) is 10.5. The highest BCUT2D eigenvalue weighted by molar-refractivity contribution is 5.91. The van der Waals surface area contributed by atoms with Crippen LogP contribution in [-0.4, -0.2) is 63.9 Å². The number of hydrogen-bond donors (Lipinski definition) is 1. The van der Waals surface area contributed by atoms with Crippen molar-refractivity contribution in [2.24, 2.45) is 0 Å². The van der Waals surface area contributed by atoms with Gasteiger partial charge < -0.3 is 14.4 Å². The fraction of sp³-hybridized carbons (Fsp3) is 0.333. The van der Waals surface area contributed by atoms with Gasteiger partial charge in [0.1, 0.15) is 12.0 Å². The molecule has 0 atom stereocenters. The van der Waals surface area contributed by atoms with Crippen LogP contribution in [-0.2, 0) is 19.6 Å². The normalized spacial score (nSPS) is 15.1. The van der Waals surface area contributed by atoms with Crippen molar-refractivity contribution in [1.82, 2.24) is 19.7 Å². The van der Waals surface area contributed by atoms with Gasteiger partial charge in [0.15, 0.2) is 5.69 Å². The van der Waals surface area contributed by atoms with Gasteiger partial charge in [0.05, 0.1) is 6.54 Å². The summed E-state index contributed by atoms with van der Waals surface area (Å²) in [6.07, 6.45) is 1.45. The van der Waals surface area contributed by atoms with E-state index in [2.05, 4.69) is 14.8 Å². The number of oxazole rings is 1. The van der Waals surface area contributed by atoms with E-state index < -0.39 is 0 Å². The third-order valence-electron chi connectivity index (χ3n) is 5.59. The van der Waals surface area contributed by atoms with Crippen molar-refractivity contribution < 1.29 is 14.3 Å². The molecule has 4 rings (SSSR count). The van der Waals surface area contributed by atoms with Crippen LogP contribution < -0.4 is 0 Å². The molecule has 31 heavy (non-hydrogen) atoms. The molecule has 7 heteroatoms. The van der Waals surface area contributed by atoms with Crippen molar-refractivity contribution in [2.45, 2.75) is 19.6 Å². The third kappa shape index (κ3) is 5.51. The first-order valence-corrected chi connectivity index (χ1v) is 10.5. The molecule has 0 aliphatic carbocycles. The van der Waals surface area contributed by atoms with E-state index in [1.54, 1.807) is 18.0 Å². The van der Waals surface area contributed by atoms with E-state index in [4.69, 9.17) is 4.42 Å². The number of phenolic OH excluding ortho intramolecular Hbond substituents is 1. The SMILES string of the molecule is CN(Cc1ccccc1)C(=O)c1coc(CN2CCN(Cc3ccccc3O)CC2)n1. The fourth-order valence-corrected chi connectivity index (χ4v) is 3.79. The van der Waals surface area contributed by atoms with Crippen LogP contribution in [0.25, 0.3) is 0 Å². The number of nitrogens with zero attached hydrogens (tertiary/aromatic N) is 4. The number of amides is 1. The monoisotopic (exact) mass is 420 g/mol. The summed E-state index contributed by atoms with van der Waals surface area (Å²) in [7, 11) is 1.77. The quantitative estimate of drug-likeness (QED) is 0.634. The molecule has 0 radical (unpaired) electrons. The average Bonchev–Trinajstić information content (AvgIpc) is 3.25. The topological polar surface area (TPSA) is 73.1 Å². The van der Waals surface area contributed by atoms with Crippen LogP contribution in [0.3, 0.4) is 0 Å². The van der Waals surface area contributed by atoms with Crippen molar-refractivity contribution in [3.63, 3.8) is 0 Å². The molecule has 2 heterocycles. The van der Waals surface area contributed by atoms with Gasteiger partial charge in [-0.3, -0.25) is 14.6 Å². The van der Waals surface area contributed by atoms with E-state index in [-0.39, 0.29) is 5.91 Å². The molecule has 1 saturated heterocycles. The van der Waals surface area contributed by atoms with Crippen LogP contribution in [0.4, 0.5) is 0 Å². The van der Waals surface area contributed by atoms with Gasteiger partial charge in [0.2, 0.25) is 5.89 Å². The number of para-hydroxylation sites is 1. The lowest BCUT2D eigenvalue weighted by molar-refractivity contribution is 0.0779. The average molecular weight is 421 g/mol. The molecule has 1 aliphatic rings. The zero-order valence-corrected chi connectivity index (χ0v) is 17.8. The third-order valence-corrected chi connectivity index (χ3v) is 5.59. The highest BCUT2D eigenvalue weighted by atomic mass is 16.3. The minimum absolute atomic E-state index is 0.147. The lowest BCUT2D eigenvalue weighted by Crippen LogP contribution is -2.45. The van der Waals surface area contributed by atoms with Crippen molar-refractivity contribution in [2.75, 3.05) is 33.2 Å². The van der Waals surface area contributed by atoms with E-state index in [1.807, 2.05) is 48.5 Å². The highest BCUT2D eigenvalue weighted by Gasteiger charge is 2.21. The van der Waals surface area contributed by atoms with Gasteiger partial charge in [-0.05, 0) is 11.6 Å². The van der Waals surface area contributed by atoms with Gasteiger partial charge >= 0.3 is 0 Å². The molecule has 3 aromatic rings. The van der Waals surface area contributed by atoms with Crippen LogP contribution in [0.1, 0.15) is 27.5 Å². The van der Waals surface area contributed by atoms with E-state index in [9.17, 15) is 9.90 Å². The Morgan fingerprint density at radius 1 is 1.00 bits per heavy atom. The number of carbonyl (C=O) groups excluding carboxylic acids is 1. The molecule has 0 saturated carbocycles. The molecular formula is C24H28N4O3. The van der Waals surface area contributed by atoms with Crippen molar-refractivity contribution in [1.29, 1.82) is 0 Å². The van der Waals surface area contributed by atoms with Crippen LogP contribution in [0.15, 0.2) is 65.3 Å². The summed E-state index contributed by atoms with van der Waals surface area (Å²) < 4.78 is 5.58. The number of carbonyl (C=O) groups is 1. The van der Waals surface area contributed by atoms with Gasteiger partial charge in [0.25, 0.3) is 5.91 Å². The maximum Gasteiger partial charge on any atom is 0.275 e. The molecule has 1 amide bonds. The van der Waals surface area contributed by atoms with E-state index in [0.29, 0.717) is 30.4 Å². The Morgan fingerprint density at radius 2 is 1.65 bits per heavy atom. The van der Waals surface area contributed by atoms with Crippen molar-refractivity contribution in [3.05, 3.63) is 83.6 Å². The second kappa shape index (κ2) is 9.76. The highest BCUT2D eigenvalue weighted by Crippen LogP contribution is 2.19. The van der Waals surface area contributed by atoms with Gasteiger partial charge in [-0.2, -0.15) is 0 Å². The molecule has 0 bridgehead atoms. The van der Waals surface area contributed by atoms with Crippen LogP contribution in [0.2, 0.25) is 0 Å². The van der Waals surface area contributed by atoms with Crippen LogP contribution in [0, 0.1) is 0 Å². The van der Waals surface area contributed by atoms with Gasteiger partial charge in [-0.25, -0.2) is 4.98 Å². The summed E-state index contributed by atoms with van der Waals surface area (Å²) in [5, 5.41) is 9.97. The lowest BCUT2D eigenvalue weighted by atomic mass is 10.1. The molecule has 7 nitrogen and oxygen atoms in total. The van der Waals surface area contributed by atoms with Gasteiger partial charge in [0, 0.05) is 51.9 Å². The summed E-state index contributed by atoms with van der Waals surface area (Å²) in [6, 6.07) is 17.4. The van der Waals surface area contributed by atoms with Crippen LogP contribution >= 0.6 is 0 Å². The predicted molar refractivity (Wildman–Crippen MR) is 117 cm³/mol. The number of aromatic hydroxyl groups is 1. The maximum atomic E-state index is 12.7. The van der Waals surface area contributed by atoms with E-state index >= 15 is 0 Å².